The Balaban J connectivity index is 1.21. The van der Waals surface area contributed by atoms with Gasteiger partial charge >= 0.3 is 0 Å². The van der Waals surface area contributed by atoms with E-state index in [9.17, 15) is 0 Å². The Morgan fingerprint density at radius 2 is 1.15 bits per heavy atom. The van der Waals surface area contributed by atoms with Crippen LogP contribution in [0.3, 0.4) is 0 Å². The smallest absolute Gasteiger partial charge is 0.164 e. The van der Waals surface area contributed by atoms with Crippen molar-refractivity contribution >= 4 is 65.4 Å². The van der Waals surface area contributed by atoms with Crippen LogP contribution in [0.15, 0.2) is 168 Å². The lowest BCUT2D eigenvalue weighted by Gasteiger charge is -2.15. The predicted octanol–water partition coefficient (Wildman–Crippen LogP) is 11.6. The zero-order chi connectivity index (χ0) is 34.2. The Bertz CT molecular complexity index is 3200. The van der Waals surface area contributed by atoms with E-state index in [0.717, 1.165) is 66.3 Å². The molecule has 7 aromatic carbocycles. The van der Waals surface area contributed by atoms with Gasteiger partial charge in [0.2, 0.25) is 0 Å². The molecule has 0 aliphatic heterocycles. The Morgan fingerprint density at radius 3 is 2.04 bits per heavy atom. The van der Waals surface area contributed by atoms with Gasteiger partial charge in [-0.1, -0.05) is 115 Å². The van der Waals surface area contributed by atoms with E-state index >= 15 is 0 Å². The van der Waals surface area contributed by atoms with E-state index < -0.39 is 0 Å². The first-order valence-corrected chi connectivity index (χ1v) is 17.3. The third kappa shape index (κ3) is 4.31. The zero-order valence-corrected chi connectivity index (χ0v) is 27.7. The molecule has 0 N–H and O–H groups in total. The summed E-state index contributed by atoms with van der Waals surface area (Å²) in [6.07, 6.45) is 1.79. The highest BCUT2D eigenvalue weighted by Gasteiger charge is 2.21. The van der Waals surface area contributed by atoms with Crippen LogP contribution in [0.2, 0.25) is 0 Å². The Morgan fingerprint density at radius 1 is 0.442 bits per heavy atom. The van der Waals surface area contributed by atoms with Gasteiger partial charge in [-0.25, -0.2) is 15.0 Å². The van der Waals surface area contributed by atoms with Crippen molar-refractivity contribution in [1.82, 2.24) is 24.5 Å². The SMILES string of the molecule is c1ccc(-c2nc(-c3cc(-n4c5ccccc5c5c6ccccc6ccc54)c4ccccc4c3)nc(-c3cccc4oc5cccnc5c34)n2)cc1. The molecule has 52 heavy (non-hydrogen) atoms. The number of pyridine rings is 1. The minimum atomic E-state index is 0.556. The molecule has 6 heteroatoms. The van der Waals surface area contributed by atoms with Crippen LogP contribution >= 0.6 is 0 Å². The van der Waals surface area contributed by atoms with Gasteiger partial charge in [0.15, 0.2) is 23.1 Å². The number of fused-ring (bicyclic) bond motifs is 9. The van der Waals surface area contributed by atoms with E-state index in [1.165, 1.54) is 21.5 Å². The van der Waals surface area contributed by atoms with Gasteiger partial charge in [-0.05, 0) is 58.6 Å². The Kier molecular flexibility index (Phi) is 6.15. The first kappa shape index (κ1) is 28.6. The van der Waals surface area contributed by atoms with Gasteiger partial charge in [-0.3, -0.25) is 4.98 Å². The van der Waals surface area contributed by atoms with Crippen LogP contribution in [0.5, 0.6) is 0 Å². The second-order valence-electron chi connectivity index (χ2n) is 13.1. The largest absolute Gasteiger partial charge is 0.454 e. The average molecular weight is 666 g/mol. The number of hydrogen-bond acceptors (Lipinski definition) is 5. The lowest BCUT2D eigenvalue weighted by molar-refractivity contribution is 0.668. The van der Waals surface area contributed by atoms with Crippen molar-refractivity contribution in [2.45, 2.75) is 0 Å². The number of rotatable bonds is 4. The van der Waals surface area contributed by atoms with E-state index in [2.05, 4.69) is 102 Å². The summed E-state index contributed by atoms with van der Waals surface area (Å²) in [5.74, 6) is 1.73. The standard InChI is InChI=1S/C46H27N5O/c1-2-13-29(14-3-1)44-48-45(50-46(49-44)35-19-10-21-39-42(35)43-40(52-39)22-11-25-47-43)31-26-30-15-5-6-16-32(30)38(27-31)51-36-20-9-8-18-34(36)41-33-17-7-4-12-28(33)23-24-37(41)51/h1-27H. The monoisotopic (exact) mass is 665 g/mol. The lowest BCUT2D eigenvalue weighted by Crippen LogP contribution is -2.02. The molecule has 0 saturated heterocycles. The quantitative estimate of drug-likeness (QED) is 0.187. The van der Waals surface area contributed by atoms with Crippen LogP contribution in [-0.2, 0) is 0 Å². The number of aromatic nitrogens is 5. The van der Waals surface area contributed by atoms with E-state index in [1.54, 1.807) is 6.20 Å². The second kappa shape index (κ2) is 11.2. The fourth-order valence-electron chi connectivity index (χ4n) is 7.77. The summed E-state index contributed by atoms with van der Waals surface area (Å²) in [7, 11) is 0. The topological polar surface area (TPSA) is 69.6 Å². The summed E-state index contributed by atoms with van der Waals surface area (Å²) in [5.41, 5.74) is 8.23. The van der Waals surface area contributed by atoms with Crippen LogP contribution in [0.1, 0.15) is 0 Å². The van der Waals surface area contributed by atoms with Gasteiger partial charge in [0, 0.05) is 39.0 Å². The van der Waals surface area contributed by atoms with Crippen LogP contribution in [0.4, 0.5) is 0 Å². The molecule has 0 radical (unpaired) electrons. The van der Waals surface area contributed by atoms with Crippen LogP contribution in [0.25, 0.3) is 105 Å². The molecule has 4 aromatic heterocycles. The first-order chi connectivity index (χ1) is 25.8. The molecule has 6 nitrogen and oxygen atoms in total. The molecular weight excluding hydrogens is 639 g/mol. The molecule has 242 valence electrons. The number of para-hydroxylation sites is 1. The van der Waals surface area contributed by atoms with Crippen LogP contribution in [0, 0.1) is 0 Å². The second-order valence-corrected chi connectivity index (χ2v) is 13.1. The molecule has 0 fully saturated rings. The van der Waals surface area contributed by atoms with Crippen molar-refractivity contribution in [3.05, 3.63) is 164 Å². The molecular formula is C46H27N5O. The molecule has 11 rings (SSSR count). The maximum absolute atomic E-state index is 6.21. The molecule has 11 aromatic rings. The Hall–Kier alpha value is -7.18. The van der Waals surface area contributed by atoms with Crippen molar-refractivity contribution < 1.29 is 4.42 Å². The van der Waals surface area contributed by atoms with Crippen LogP contribution < -0.4 is 0 Å². The third-order valence-corrected chi connectivity index (χ3v) is 10.1. The van der Waals surface area contributed by atoms with Crippen molar-refractivity contribution in [3.8, 4) is 39.9 Å². The highest BCUT2D eigenvalue weighted by molar-refractivity contribution is 6.22. The molecule has 4 heterocycles. The molecule has 0 unspecified atom stereocenters. The first-order valence-electron chi connectivity index (χ1n) is 17.3. The molecule has 0 atom stereocenters. The maximum Gasteiger partial charge on any atom is 0.164 e. The lowest BCUT2D eigenvalue weighted by atomic mass is 10.0. The van der Waals surface area contributed by atoms with Gasteiger partial charge in [-0.2, -0.15) is 0 Å². The van der Waals surface area contributed by atoms with Gasteiger partial charge in [-0.15, -0.1) is 0 Å². The number of nitrogens with zero attached hydrogens (tertiary/aromatic N) is 5. The molecule has 0 spiro atoms. The fraction of sp³-hybridized carbons (Fsp3) is 0. The van der Waals surface area contributed by atoms with E-state index in [1.807, 2.05) is 60.7 Å². The van der Waals surface area contributed by atoms with Gasteiger partial charge < -0.3 is 8.98 Å². The third-order valence-electron chi connectivity index (χ3n) is 10.1. The number of hydrogen-bond donors (Lipinski definition) is 0. The summed E-state index contributed by atoms with van der Waals surface area (Å²) < 4.78 is 8.61. The molecule has 0 aliphatic rings. The van der Waals surface area contributed by atoms with E-state index in [0.29, 0.717) is 17.5 Å². The normalized spacial score (nSPS) is 11.8. The highest BCUT2D eigenvalue weighted by Crippen LogP contribution is 2.40. The van der Waals surface area contributed by atoms with Crippen molar-refractivity contribution in [3.63, 3.8) is 0 Å². The predicted molar refractivity (Wildman–Crippen MR) is 211 cm³/mol. The summed E-state index contributed by atoms with van der Waals surface area (Å²) in [6, 6.07) is 54.6. The Labute approximate surface area is 297 Å². The van der Waals surface area contributed by atoms with Gasteiger partial charge in [0.05, 0.1) is 22.1 Å². The summed E-state index contributed by atoms with van der Waals surface area (Å²) >= 11 is 0. The zero-order valence-electron chi connectivity index (χ0n) is 27.7. The van der Waals surface area contributed by atoms with Crippen molar-refractivity contribution in [1.29, 1.82) is 0 Å². The molecule has 0 bridgehead atoms. The highest BCUT2D eigenvalue weighted by atomic mass is 16.3. The van der Waals surface area contributed by atoms with E-state index in [4.69, 9.17) is 24.4 Å². The minimum absolute atomic E-state index is 0.556. The van der Waals surface area contributed by atoms with E-state index in [-0.39, 0.29) is 0 Å². The van der Waals surface area contributed by atoms with Crippen LogP contribution in [-0.4, -0.2) is 24.5 Å². The molecule has 0 aliphatic carbocycles. The van der Waals surface area contributed by atoms with Gasteiger partial charge in [0.1, 0.15) is 11.1 Å². The maximum atomic E-state index is 6.21. The number of benzene rings is 7. The average Bonchev–Trinajstić information content (AvgIpc) is 3.77. The fourth-order valence-corrected chi connectivity index (χ4v) is 7.77. The van der Waals surface area contributed by atoms with Crippen molar-refractivity contribution in [2.75, 3.05) is 0 Å². The van der Waals surface area contributed by atoms with Crippen molar-refractivity contribution in [2.24, 2.45) is 0 Å². The molecule has 0 amide bonds. The number of furan rings is 1. The summed E-state index contributed by atoms with van der Waals surface area (Å²) in [5, 5.41) is 8.03. The van der Waals surface area contributed by atoms with Gasteiger partial charge in [0.25, 0.3) is 0 Å². The minimum Gasteiger partial charge on any atom is -0.454 e. The molecule has 0 saturated carbocycles. The summed E-state index contributed by atoms with van der Waals surface area (Å²) in [6.45, 7) is 0. The summed E-state index contributed by atoms with van der Waals surface area (Å²) in [4.78, 5) is 20.2.